The van der Waals surface area contributed by atoms with Crippen LogP contribution in [0, 0.1) is 0 Å². The van der Waals surface area contributed by atoms with Crippen LogP contribution in [0.4, 0.5) is 5.00 Å². The van der Waals surface area contributed by atoms with Crippen LogP contribution in [0.1, 0.15) is 6.92 Å². The lowest BCUT2D eigenvalue weighted by atomic mass is 10.2. The molecule has 1 fully saturated rings. The molecule has 0 bridgehead atoms. The van der Waals surface area contributed by atoms with E-state index in [-0.39, 0.29) is 0 Å². The van der Waals surface area contributed by atoms with Gasteiger partial charge in [0, 0.05) is 44.2 Å². The number of hydrogen-bond donors (Lipinski definition) is 1. The average molecular weight is 276 g/mol. The monoisotopic (exact) mass is 276 g/mol. The second kappa shape index (κ2) is 5.45. The Labute approximate surface area is 118 Å². The summed E-state index contributed by atoms with van der Waals surface area (Å²) in [4.78, 5) is 4.93. The van der Waals surface area contributed by atoms with E-state index < -0.39 is 0 Å². The number of piperazine rings is 1. The Morgan fingerprint density at radius 3 is 2.74 bits per heavy atom. The molecule has 4 nitrogen and oxygen atoms in total. The minimum Gasteiger partial charge on any atom is -0.359 e. The molecule has 0 amide bonds. The molecule has 0 aliphatic carbocycles. The molecule has 0 saturated carbocycles. The fourth-order valence-corrected chi connectivity index (χ4v) is 3.53. The first-order chi connectivity index (χ1) is 9.29. The van der Waals surface area contributed by atoms with Gasteiger partial charge in [-0.1, -0.05) is 12.1 Å². The molecular weight excluding hydrogens is 256 g/mol. The summed E-state index contributed by atoms with van der Waals surface area (Å²) in [5.74, 6) is 0. The van der Waals surface area contributed by atoms with E-state index in [1.807, 2.05) is 6.07 Å². The van der Waals surface area contributed by atoms with Gasteiger partial charge in [-0.15, -0.1) is 0 Å². The maximum Gasteiger partial charge on any atom is 0.120 e. The van der Waals surface area contributed by atoms with Gasteiger partial charge in [-0.2, -0.15) is 4.37 Å². The van der Waals surface area contributed by atoms with Gasteiger partial charge in [0.05, 0.1) is 5.52 Å². The van der Waals surface area contributed by atoms with E-state index in [1.165, 1.54) is 10.4 Å². The van der Waals surface area contributed by atoms with E-state index in [0.29, 0.717) is 6.04 Å². The molecule has 0 spiro atoms. The molecule has 1 aliphatic heterocycles. The number of nitrogens with two attached hydrogens (primary N) is 1. The Balaban J connectivity index is 1.75. The van der Waals surface area contributed by atoms with Crippen molar-refractivity contribution in [2.24, 2.45) is 5.73 Å². The lowest BCUT2D eigenvalue weighted by molar-refractivity contribution is 0.202. The number of fused-ring (bicyclic) bond motifs is 1. The Kier molecular flexibility index (Phi) is 3.68. The average Bonchev–Trinajstić information content (AvgIpc) is 2.90. The summed E-state index contributed by atoms with van der Waals surface area (Å²) < 4.78 is 4.53. The zero-order valence-electron chi connectivity index (χ0n) is 11.2. The third-order valence-corrected chi connectivity index (χ3v) is 4.87. The van der Waals surface area contributed by atoms with Gasteiger partial charge in [-0.3, -0.25) is 4.90 Å². The van der Waals surface area contributed by atoms with Crippen LogP contribution in [0.2, 0.25) is 0 Å². The predicted octanol–water partition coefficient (Wildman–Crippen LogP) is 1.77. The Morgan fingerprint density at radius 1 is 1.26 bits per heavy atom. The molecule has 1 saturated heterocycles. The van der Waals surface area contributed by atoms with Gasteiger partial charge in [0.1, 0.15) is 5.00 Å². The highest BCUT2D eigenvalue weighted by Crippen LogP contribution is 2.31. The minimum atomic E-state index is 0.486. The maximum absolute atomic E-state index is 5.74. The molecule has 2 N–H and O–H groups in total. The van der Waals surface area contributed by atoms with Crippen LogP contribution in [0.5, 0.6) is 0 Å². The minimum absolute atomic E-state index is 0.486. The summed E-state index contributed by atoms with van der Waals surface area (Å²) in [6.45, 7) is 7.25. The van der Waals surface area contributed by atoms with Crippen molar-refractivity contribution in [3.05, 3.63) is 24.3 Å². The highest BCUT2D eigenvalue weighted by molar-refractivity contribution is 7.11. The third kappa shape index (κ3) is 2.45. The van der Waals surface area contributed by atoms with Crippen molar-refractivity contribution in [1.29, 1.82) is 0 Å². The van der Waals surface area contributed by atoms with Crippen LogP contribution in [0.15, 0.2) is 24.3 Å². The molecule has 1 aliphatic rings. The van der Waals surface area contributed by atoms with Gasteiger partial charge in [-0.05, 0) is 30.6 Å². The van der Waals surface area contributed by atoms with Gasteiger partial charge < -0.3 is 10.6 Å². The van der Waals surface area contributed by atoms with Crippen LogP contribution in [-0.2, 0) is 0 Å². The quantitative estimate of drug-likeness (QED) is 0.928. The van der Waals surface area contributed by atoms with E-state index in [0.717, 1.165) is 38.2 Å². The Hall–Kier alpha value is -1.17. The van der Waals surface area contributed by atoms with E-state index in [2.05, 4.69) is 39.3 Å². The van der Waals surface area contributed by atoms with E-state index in [1.54, 1.807) is 11.5 Å². The first-order valence-corrected chi connectivity index (χ1v) is 7.60. The zero-order valence-corrected chi connectivity index (χ0v) is 12.1. The Morgan fingerprint density at radius 2 is 2.00 bits per heavy atom. The second-order valence-electron chi connectivity index (χ2n) is 5.11. The molecule has 1 atom stereocenters. The summed E-state index contributed by atoms with van der Waals surface area (Å²) >= 11 is 1.62. The highest BCUT2D eigenvalue weighted by atomic mass is 32.1. The van der Waals surface area contributed by atoms with Gasteiger partial charge in [-0.25, -0.2) is 0 Å². The molecule has 1 aromatic heterocycles. The van der Waals surface area contributed by atoms with Crippen molar-refractivity contribution in [2.75, 3.05) is 37.6 Å². The normalized spacial score (nSPS) is 18.9. The van der Waals surface area contributed by atoms with Crippen molar-refractivity contribution in [3.63, 3.8) is 0 Å². The first kappa shape index (κ1) is 12.8. The van der Waals surface area contributed by atoms with Crippen LogP contribution >= 0.6 is 11.5 Å². The largest absolute Gasteiger partial charge is 0.359 e. The van der Waals surface area contributed by atoms with Crippen molar-refractivity contribution in [2.45, 2.75) is 13.0 Å². The molecule has 102 valence electrons. The van der Waals surface area contributed by atoms with Crippen LogP contribution in [0.3, 0.4) is 0 Å². The molecule has 19 heavy (non-hydrogen) atoms. The summed E-state index contributed by atoms with van der Waals surface area (Å²) in [6.07, 6.45) is 0. The molecule has 1 unspecified atom stereocenters. The topological polar surface area (TPSA) is 45.4 Å². The second-order valence-corrected chi connectivity index (χ2v) is 5.86. The van der Waals surface area contributed by atoms with Crippen LogP contribution < -0.4 is 10.6 Å². The van der Waals surface area contributed by atoms with E-state index in [9.17, 15) is 0 Å². The number of aromatic nitrogens is 1. The zero-order chi connectivity index (χ0) is 13.2. The van der Waals surface area contributed by atoms with Crippen molar-refractivity contribution in [1.82, 2.24) is 9.27 Å². The fraction of sp³-hybridized carbons (Fsp3) is 0.500. The maximum atomic E-state index is 5.74. The molecule has 3 rings (SSSR count). The van der Waals surface area contributed by atoms with Crippen molar-refractivity contribution >= 4 is 27.4 Å². The molecular formula is C14H20N4S. The number of benzene rings is 1. The summed E-state index contributed by atoms with van der Waals surface area (Å²) in [5.41, 5.74) is 6.85. The summed E-state index contributed by atoms with van der Waals surface area (Å²) in [5, 5.41) is 2.60. The number of nitrogens with zero attached hydrogens (tertiary/aromatic N) is 3. The summed E-state index contributed by atoms with van der Waals surface area (Å²) in [7, 11) is 0. The number of rotatable bonds is 3. The lowest BCUT2D eigenvalue weighted by Gasteiger charge is -2.38. The fourth-order valence-electron chi connectivity index (χ4n) is 2.62. The van der Waals surface area contributed by atoms with Crippen molar-refractivity contribution in [3.8, 4) is 0 Å². The highest BCUT2D eigenvalue weighted by Gasteiger charge is 2.22. The molecule has 0 radical (unpaired) electrons. The molecule has 5 heteroatoms. The standard InChI is InChI=1S/C14H20N4S/c1-11(10-15)17-6-8-18(9-7-17)14-12-4-2-3-5-13(12)16-19-14/h2-5,11H,6-10,15H2,1H3. The van der Waals surface area contributed by atoms with Gasteiger partial charge in [0.25, 0.3) is 0 Å². The number of hydrogen-bond acceptors (Lipinski definition) is 5. The third-order valence-electron chi connectivity index (χ3n) is 3.93. The lowest BCUT2D eigenvalue weighted by Crippen LogP contribution is -2.51. The SMILES string of the molecule is CC(CN)N1CCN(c2snc3ccccc23)CC1. The number of anilines is 1. The van der Waals surface area contributed by atoms with E-state index in [4.69, 9.17) is 5.73 Å². The first-order valence-electron chi connectivity index (χ1n) is 6.83. The smallest absolute Gasteiger partial charge is 0.120 e. The Bertz CT molecular complexity index is 545. The molecule has 2 aromatic rings. The summed E-state index contributed by atoms with van der Waals surface area (Å²) in [6, 6.07) is 8.88. The molecule has 1 aromatic carbocycles. The van der Waals surface area contributed by atoms with E-state index >= 15 is 0 Å². The van der Waals surface area contributed by atoms with Crippen LogP contribution in [0.25, 0.3) is 10.9 Å². The van der Waals surface area contributed by atoms with Gasteiger partial charge >= 0.3 is 0 Å². The van der Waals surface area contributed by atoms with Crippen molar-refractivity contribution < 1.29 is 0 Å². The molecule has 2 heterocycles. The van der Waals surface area contributed by atoms with Gasteiger partial charge in [0.15, 0.2) is 0 Å². The van der Waals surface area contributed by atoms with Crippen LogP contribution in [-0.4, -0.2) is 48.0 Å². The van der Waals surface area contributed by atoms with Gasteiger partial charge in [0.2, 0.25) is 0 Å². The predicted molar refractivity (Wildman–Crippen MR) is 81.9 cm³/mol.